The van der Waals surface area contributed by atoms with Crippen LogP contribution in [0.2, 0.25) is 5.15 Å². The number of hydrogen-bond acceptors (Lipinski definition) is 6. The van der Waals surface area contributed by atoms with E-state index in [1.54, 1.807) is 12.1 Å². The van der Waals surface area contributed by atoms with Gasteiger partial charge in [-0.1, -0.05) is 11.6 Å². The number of carbonyl (C=O) groups is 2. The van der Waals surface area contributed by atoms with Crippen molar-refractivity contribution >= 4 is 40.7 Å². The monoisotopic (exact) mass is 469 g/mol. The summed E-state index contributed by atoms with van der Waals surface area (Å²) in [6.45, 7) is 2.74. The lowest BCUT2D eigenvalue weighted by molar-refractivity contribution is 0.0696. The van der Waals surface area contributed by atoms with Crippen LogP contribution in [-0.2, 0) is 0 Å². The van der Waals surface area contributed by atoms with E-state index in [4.69, 9.17) is 11.6 Å². The SMILES string of the molecule is O=C(O)c1ccc(N2CCCN(c3ccc(Cl)nn3)CC2)c(NC(=O)c2ccc(F)cc2)c1. The van der Waals surface area contributed by atoms with Gasteiger partial charge >= 0.3 is 5.97 Å². The minimum atomic E-state index is -1.10. The molecule has 10 heteroatoms. The van der Waals surface area contributed by atoms with Gasteiger partial charge in [0.05, 0.1) is 16.9 Å². The molecule has 0 saturated carbocycles. The van der Waals surface area contributed by atoms with Crippen molar-refractivity contribution < 1.29 is 19.1 Å². The molecule has 4 rings (SSSR count). The molecule has 0 aliphatic carbocycles. The third kappa shape index (κ3) is 5.38. The van der Waals surface area contributed by atoms with Crippen LogP contribution < -0.4 is 15.1 Å². The highest BCUT2D eigenvalue weighted by Gasteiger charge is 2.21. The number of halogens is 2. The molecule has 0 bridgehead atoms. The zero-order valence-corrected chi connectivity index (χ0v) is 18.3. The van der Waals surface area contributed by atoms with E-state index in [1.165, 1.54) is 36.4 Å². The Hall–Kier alpha value is -3.72. The number of carboxylic acid groups (broad SMARTS) is 1. The molecule has 2 aromatic carbocycles. The average Bonchev–Trinajstić information content (AvgIpc) is 3.06. The number of nitrogens with zero attached hydrogens (tertiary/aromatic N) is 4. The summed E-state index contributed by atoms with van der Waals surface area (Å²) in [5, 5.41) is 20.6. The van der Waals surface area contributed by atoms with Crippen LogP contribution in [-0.4, -0.2) is 53.4 Å². The Labute approximate surface area is 194 Å². The number of nitrogens with one attached hydrogen (secondary N) is 1. The third-order valence-corrected chi connectivity index (χ3v) is 5.58. The van der Waals surface area contributed by atoms with Gasteiger partial charge in [-0.3, -0.25) is 4.79 Å². The van der Waals surface area contributed by atoms with E-state index in [9.17, 15) is 19.1 Å². The van der Waals surface area contributed by atoms with Gasteiger partial charge in [-0.05, 0) is 61.0 Å². The van der Waals surface area contributed by atoms with Crippen LogP contribution in [0.1, 0.15) is 27.1 Å². The first-order valence-electron chi connectivity index (χ1n) is 10.3. The van der Waals surface area contributed by atoms with Gasteiger partial charge in [0.2, 0.25) is 0 Å². The van der Waals surface area contributed by atoms with Crippen molar-refractivity contribution in [3.63, 3.8) is 0 Å². The molecule has 33 heavy (non-hydrogen) atoms. The van der Waals surface area contributed by atoms with E-state index in [2.05, 4.69) is 25.3 Å². The number of benzene rings is 2. The van der Waals surface area contributed by atoms with Crippen molar-refractivity contribution in [2.45, 2.75) is 6.42 Å². The first-order chi connectivity index (χ1) is 15.9. The predicted octanol–water partition coefficient (Wildman–Crippen LogP) is 3.94. The Morgan fingerprint density at radius 1 is 0.909 bits per heavy atom. The van der Waals surface area contributed by atoms with Crippen molar-refractivity contribution in [1.29, 1.82) is 0 Å². The zero-order chi connectivity index (χ0) is 23.4. The van der Waals surface area contributed by atoms with Crippen LogP contribution in [0.5, 0.6) is 0 Å². The van der Waals surface area contributed by atoms with E-state index in [1.807, 2.05) is 6.07 Å². The number of aromatic carboxylic acids is 1. The summed E-state index contributed by atoms with van der Waals surface area (Å²) in [5.74, 6) is -1.26. The van der Waals surface area contributed by atoms with Crippen LogP contribution in [0.25, 0.3) is 0 Å². The van der Waals surface area contributed by atoms with Crippen molar-refractivity contribution in [3.05, 3.63) is 76.7 Å². The Morgan fingerprint density at radius 3 is 2.30 bits per heavy atom. The molecule has 2 heterocycles. The highest BCUT2D eigenvalue weighted by Crippen LogP contribution is 2.29. The maximum Gasteiger partial charge on any atom is 0.335 e. The smallest absolute Gasteiger partial charge is 0.335 e. The van der Waals surface area contributed by atoms with Gasteiger partial charge in [0.1, 0.15) is 5.82 Å². The van der Waals surface area contributed by atoms with Crippen molar-refractivity contribution in [2.24, 2.45) is 0 Å². The summed E-state index contributed by atoms with van der Waals surface area (Å²) < 4.78 is 13.2. The van der Waals surface area contributed by atoms with Crippen LogP contribution >= 0.6 is 11.6 Å². The van der Waals surface area contributed by atoms with E-state index in [0.717, 1.165) is 18.8 Å². The molecular formula is C23H21ClFN5O3. The highest BCUT2D eigenvalue weighted by molar-refractivity contribution is 6.29. The molecule has 1 aliphatic heterocycles. The molecule has 3 aromatic rings. The number of hydrogen-bond donors (Lipinski definition) is 2. The minimum Gasteiger partial charge on any atom is -0.478 e. The van der Waals surface area contributed by atoms with Crippen molar-refractivity contribution in [2.75, 3.05) is 41.3 Å². The maximum absolute atomic E-state index is 13.2. The van der Waals surface area contributed by atoms with E-state index >= 15 is 0 Å². The van der Waals surface area contributed by atoms with E-state index in [-0.39, 0.29) is 11.1 Å². The second-order valence-electron chi connectivity index (χ2n) is 7.54. The fourth-order valence-electron chi connectivity index (χ4n) is 3.71. The number of anilines is 3. The first-order valence-corrected chi connectivity index (χ1v) is 10.7. The second-order valence-corrected chi connectivity index (χ2v) is 7.93. The Morgan fingerprint density at radius 2 is 1.61 bits per heavy atom. The third-order valence-electron chi connectivity index (χ3n) is 5.38. The molecule has 1 aliphatic rings. The molecule has 0 atom stereocenters. The molecular weight excluding hydrogens is 449 g/mol. The number of carboxylic acids is 1. The number of amides is 1. The quantitative estimate of drug-likeness (QED) is 0.584. The zero-order valence-electron chi connectivity index (χ0n) is 17.5. The molecule has 8 nitrogen and oxygen atoms in total. The number of aromatic nitrogens is 2. The van der Waals surface area contributed by atoms with Gasteiger partial charge in [-0.2, -0.15) is 0 Å². The first kappa shape index (κ1) is 22.5. The number of rotatable bonds is 5. The molecule has 1 fully saturated rings. The molecule has 170 valence electrons. The topological polar surface area (TPSA) is 98.7 Å². The summed E-state index contributed by atoms with van der Waals surface area (Å²) in [5.41, 5.74) is 1.41. The van der Waals surface area contributed by atoms with Crippen LogP contribution in [0.4, 0.5) is 21.6 Å². The van der Waals surface area contributed by atoms with Gasteiger partial charge in [0, 0.05) is 31.7 Å². The molecule has 1 saturated heterocycles. The summed E-state index contributed by atoms with van der Waals surface area (Å²) in [6, 6.07) is 13.3. The lowest BCUT2D eigenvalue weighted by Crippen LogP contribution is -2.32. The van der Waals surface area contributed by atoms with E-state index < -0.39 is 17.7 Å². The minimum absolute atomic E-state index is 0.0565. The fourth-order valence-corrected chi connectivity index (χ4v) is 3.81. The normalized spacial score (nSPS) is 14.0. The van der Waals surface area contributed by atoms with Gasteiger partial charge in [-0.15, -0.1) is 10.2 Å². The maximum atomic E-state index is 13.2. The molecule has 2 N–H and O–H groups in total. The Balaban J connectivity index is 1.57. The summed E-state index contributed by atoms with van der Waals surface area (Å²) in [6.07, 6.45) is 0.816. The molecule has 0 radical (unpaired) electrons. The number of carbonyl (C=O) groups excluding carboxylic acids is 1. The van der Waals surface area contributed by atoms with Gasteiger partial charge in [0.15, 0.2) is 11.0 Å². The predicted molar refractivity (Wildman–Crippen MR) is 124 cm³/mol. The Kier molecular flexibility index (Phi) is 6.69. The molecule has 0 spiro atoms. The van der Waals surface area contributed by atoms with Crippen molar-refractivity contribution in [3.8, 4) is 0 Å². The second kappa shape index (κ2) is 9.83. The Bertz CT molecular complexity index is 1160. The summed E-state index contributed by atoms with van der Waals surface area (Å²) >= 11 is 5.84. The largest absolute Gasteiger partial charge is 0.478 e. The fraction of sp³-hybridized carbons (Fsp3) is 0.217. The van der Waals surface area contributed by atoms with Crippen LogP contribution in [0.15, 0.2) is 54.6 Å². The highest BCUT2D eigenvalue weighted by atomic mass is 35.5. The molecule has 0 unspecified atom stereocenters. The van der Waals surface area contributed by atoms with Crippen molar-refractivity contribution in [1.82, 2.24) is 10.2 Å². The summed E-state index contributed by atoms with van der Waals surface area (Å²) in [7, 11) is 0. The standard InChI is InChI=1S/C23H21ClFN5O3/c24-20-8-9-21(28-27-20)30-11-1-10-29(12-13-30)19-7-4-16(23(32)33)14-18(19)26-22(31)15-2-5-17(25)6-3-15/h2-9,14H,1,10-13H2,(H,26,31)(H,32,33). The molecule has 1 aromatic heterocycles. The molecule has 1 amide bonds. The van der Waals surface area contributed by atoms with Crippen LogP contribution in [0, 0.1) is 5.82 Å². The van der Waals surface area contributed by atoms with E-state index in [0.29, 0.717) is 36.2 Å². The van der Waals surface area contributed by atoms with Gasteiger partial charge in [-0.25, -0.2) is 9.18 Å². The lowest BCUT2D eigenvalue weighted by Gasteiger charge is -2.26. The average molecular weight is 470 g/mol. The van der Waals surface area contributed by atoms with Gasteiger partial charge < -0.3 is 20.2 Å². The lowest BCUT2D eigenvalue weighted by atomic mass is 10.1. The van der Waals surface area contributed by atoms with Crippen LogP contribution in [0.3, 0.4) is 0 Å². The summed E-state index contributed by atoms with van der Waals surface area (Å²) in [4.78, 5) is 28.5. The van der Waals surface area contributed by atoms with Gasteiger partial charge in [0.25, 0.3) is 5.91 Å².